The number of benzene rings is 9. The monoisotopic (exact) mass is 796 g/mol. The Labute approximate surface area is 366 Å². The van der Waals surface area contributed by atoms with Crippen molar-refractivity contribution in [1.29, 1.82) is 0 Å². The molecule has 0 radical (unpaired) electrons. The van der Waals surface area contributed by atoms with E-state index in [1.54, 1.807) is 0 Å². The molecule has 0 saturated carbocycles. The summed E-state index contributed by atoms with van der Waals surface area (Å²) >= 11 is 0. The molecule has 0 bridgehead atoms. The molecule has 0 heterocycles. The molecule has 2 heteroatoms. The maximum atomic E-state index is 2.42. The Kier molecular flexibility index (Phi) is 8.87. The standard InChI is InChI=1S/C60H48N2/c1-59(2)53-27-15-11-25-49(53)51-37-35-45(39-55(51)59)61(43-19-7-5-8-20-43)57-29-17-13-23-47(57)41-31-33-42(34-32-41)48-24-14-18-30-58(48)62(44-21-9-6-10-22-44)46-36-38-52-50-26-12-16-28-54(50)60(3,4)56(52)40-46/h5-40H,1-4H3. The van der Waals surface area contributed by atoms with Crippen molar-refractivity contribution in [1.82, 2.24) is 0 Å². The molecule has 0 spiro atoms. The average molecular weight is 797 g/mol. The van der Waals surface area contributed by atoms with E-state index < -0.39 is 0 Å². The Hall–Kier alpha value is -7.42. The second kappa shape index (κ2) is 14.6. The van der Waals surface area contributed by atoms with Crippen LogP contribution in [-0.2, 0) is 10.8 Å². The predicted molar refractivity (Wildman–Crippen MR) is 262 cm³/mol. The van der Waals surface area contributed by atoms with Crippen LogP contribution in [0.3, 0.4) is 0 Å². The zero-order valence-electron chi connectivity index (χ0n) is 35.7. The van der Waals surface area contributed by atoms with Gasteiger partial charge in [0.05, 0.1) is 11.4 Å². The van der Waals surface area contributed by atoms with Crippen molar-refractivity contribution in [2.24, 2.45) is 0 Å². The zero-order chi connectivity index (χ0) is 42.0. The summed E-state index contributed by atoms with van der Waals surface area (Å²) in [6, 6.07) is 80.2. The van der Waals surface area contributed by atoms with Gasteiger partial charge in [-0.05, 0) is 116 Å². The summed E-state index contributed by atoms with van der Waals surface area (Å²) in [5.74, 6) is 0. The van der Waals surface area contributed by atoms with Crippen molar-refractivity contribution in [2.75, 3.05) is 9.80 Å². The normalized spacial score (nSPS) is 13.7. The molecule has 0 aliphatic heterocycles. The number of para-hydroxylation sites is 4. The highest BCUT2D eigenvalue weighted by Crippen LogP contribution is 2.53. The van der Waals surface area contributed by atoms with Crippen LogP contribution in [-0.4, -0.2) is 0 Å². The minimum absolute atomic E-state index is 0.102. The van der Waals surface area contributed by atoms with Gasteiger partial charge in [-0.15, -0.1) is 0 Å². The van der Waals surface area contributed by atoms with Gasteiger partial charge in [-0.1, -0.05) is 185 Å². The number of hydrogen-bond donors (Lipinski definition) is 0. The molecular formula is C60H48N2. The van der Waals surface area contributed by atoms with Crippen molar-refractivity contribution in [3.63, 3.8) is 0 Å². The van der Waals surface area contributed by atoms with Gasteiger partial charge in [-0.3, -0.25) is 0 Å². The van der Waals surface area contributed by atoms with Crippen molar-refractivity contribution in [2.45, 2.75) is 38.5 Å². The zero-order valence-corrected chi connectivity index (χ0v) is 35.7. The number of fused-ring (bicyclic) bond motifs is 6. The number of hydrogen-bond acceptors (Lipinski definition) is 2. The van der Waals surface area contributed by atoms with Gasteiger partial charge in [0.2, 0.25) is 0 Å². The molecule has 0 saturated heterocycles. The molecule has 9 aromatic carbocycles. The lowest BCUT2D eigenvalue weighted by molar-refractivity contribution is 0.660. The van der Waals surface area contributed by atoms with E-state index in [2.05, 4.69) is 256 Å². The fourth-order valence-electron chi connectivity index (χ4n) is 10.3. The lowest BCUT2D eigenvalue weighted by Crippen LogP contribution is -2.17. The molecule has 2 nitrogen and oxygen atoms in total. The van der Waals surface area contributed by atoms with Crippen LogP contribution in [0.4, 0.5) is 34.1 Å². The van der Waals surface area contributed by atoms with E-state index in [0.717, 1.165) is 45.3 Å². The van der Waals surface area contributed by atoms with Crippen LogP contribution in [0.25, 0.3) is 44.5 Å². The van der Waals surface area contributed by atoms with E-state index >= 15 is 0 Å². The van der Waals surface area contributed by atoms with Gasteiger partial charge in [0.15, 0.2) is 0 Å². The first kappa shape index (κ1) is 37.6. The summed E-state index contributed by atoms with van der Waals surface area (Å²) < 4.78 is 0. The van der Waals surface area contributed by atoms with Crippen LogP contribution in [0.5, 0.6) is 0 Å². The Morgan fingerprint density at radius 1 is 0.258 bits per heavy atom. The highest BCUT2D eigenvalue weighted by Gasteiger charge is 2.37. The second-order valence-corrected chi connectivity index (χ2v) is 17.8. The second-order valence-electron chi connectivity index (χ2n) is 17.8. The molecule has 11 rings (SSSR count). The van der Waals surface area contributed by atoms with E-state index in [1.807, 2.05) is 0 Å². The SMILES string of the molecule is CC1(C)c2ccccc2-c2ccc(N(c3ccccc3)c3ccccc3-c3ccc(-c4ccccc4N(c4ccccc4)c4ccc5c(c4)C(C)(C)c4ccccc4-5)cc3)cc21. The Morgan fingerprint density at radius 2 is 0.581 bits per heavy atom. The Morgan fingerprint density at radius 3 is 0.984 bits per heavy atom. The third-order valence-corrected chi connectivity index (χ3v) is 13.5. The number of anilines is 6. The van der Waals surface area contributed by atoms with E-state index in [1.165, 1.54) is 55.6 Å². The van der Waals surface area contributed by atoms with E-state index in [9.17, 15) is 0 Å². The molecule has 0 unspecified atom stereocenters. The molecule has 0 atom stereocenters. The van der Waals surface area contributed by atoms with Crippen LogP contribution in [0.1, 0.15) is 49.9 Å². The molecule has 62 heavy (non-hydrogen) atoms. The minimum atomic E-state index is -0.102. The van der Waals surface area contributed by atoms with Gasteiger partial charge < -0.3 is 9.80 Å². The maximum absolute atomic E-state index is 2.42. The summed E-state index contributed by atoms with van der Waals surface area (Å²) in [6.45, 7) is 9.42. The highest BCUT2D eigenvalue weighted by atomic mass is 15.2. The molecule has 298 valence electrons. The summed E-state index contributed by atoms with van der Waals surface area (Å²) in [7, 11) is 0. The van der Waals surface area contributed by atoms with E-state index in [0.29, 0.717) is 0 Å². The highest BCUT2D eigenvalue weighted by molar-refractivity contribution is 5.93. The first-order valence-electron chi connectivity index (χ1n) is 21.8. The molecule has 0 N–H and O–H groups in total. The molecule has 0 amide bonds. The third-order valence-electron chi connectivity index (χ3n) is 13.5. The number of nitrogens with zero attached hydrogens (tertiary/aromatic N) is 2. The van der Waals surface area contributed by atoms with Crippen LogP contribution in [0, 0.1) is 0 Å². The van der Waals surface area contributed by atoms with Gasteiger partial charge in [0.1, 0.15) is 0 Å². The first-order valence-corrected chi connectivity index (χ1v) is 21.8. The topological polar surface area (TPSA) is 6.48 Å². The third kappa shape index (κ3) is 6.01. The van der Waals surface area contributed by atoms with Crippen LogP contribution < -0.4 is 9.80 Å². The molecule has 0 aromatic heterocycles. The molecule has 2 aliphatic rings. The smallest absolute Gasteiger partial charge is 0.0540 e. The minimum Gasteiger partial charge on any atom is -0.310 e. The van der Waals surface area contributed by atoms with Crippen molar-refractivity contribution in [3.05, 3.63) is 241 Å². The number of rotatable bonds is 8. The van der Waals surface area contributed by atoms with E-state index in [-0.39, 0.29) is 10.8 Å². The Bertz CT molecular complexity index is 2910. The summed E-state index contributed by atoms with van der Waals surface area (Å²) in [4.78, 5) is 4.85. The molecule has 0 fully saturated rings. The van der Waals surface area contributed by atoms with Crippen molar-refractivity contribution in [3.8, 4) is 44.5 Å². The summed E-state index contributed by atoms with van der Waals surface area (Å²) in [5, 5.41) is 0. The van der Waals surface area contributed by atoms with Gasteiger partial charge in [0.25, 0.3) is 0 Å². The summed E-state index contributed by atoms with van der Waals surface area (Å²) in [6.07, 6.45) is 0. The van der Waals surface area contributed by atoms with Gasteiger partial charge in [-0.25, -0.2) is 0 Å². The van der Waals surface area contributed by atoms with E-state index in [4.69, 9.17) is 0 Å². The molecule has 2 aliphatic carbocycles. The van der Waals surface area contributed by atoms with Crippen LogP contribution in [0.2, 0.25) is 0 Å². The fourth-order valence-corrected chi connectivity index (χ4v) is 10.3. The quantitative estimate of drug-likeness (QED) is 0.151. The maximum Gasteiger partial charge on any atom is 0.0540 e. The molecule has 9 aromatic rings. The fraction of sp³-hybridized carbons (Fsp3) is 0.100. The van der Waals surface area contributed by atoms with Crippen molar-refractivity contribution < 1.29 is 0 Å². The van der Waals surface area contributed by atoms with Crippen LogP contribution in [0.15, 0.2) is 218 Å². The lowest BCUT2D eigenvalue weighted by atomic mass is 9.82. The predicted octanol–water partition coefficient (Wildman–Crippen LogP) is 16.6. The summed E-state index contributed by atoms with van der Waals surface area (Å²) in [5.41, 5.74) is 22.1. The molecular weight excluding hydrogens is 749 g/mol. The van der Waals surface area contributed by atoms with Crippen molar-refractivity contribution >= 4 is 34.1 Å². The van der Waals surface area contributed by atoms with Gasteiger partial charge in [0, 0.05) is 44.7 Å². The van der Waals surface area contributed by atoms with Gasteiger partial charge in [-0.2, -0.15) is 0 Å². The average Bonchev–Trinajstić information content (AvgIpc) is 3.69. The first-order chi connectivity index (χ1) is 30.3. The lowest BCUT2D eigenvalue weighted by Gasteiger charge is -2.30. The largest absolute Gasteiger partial charge is 0.310 e. The van der Waals surface area contributed by atoms with Crippen LogP contribution >= 0.6 is 0 Å². The Balaban J connectivity index is 0.993. The van der Waals surface area contributed by atoms with Gasteiger partial charge >= 0.3 is 0 Å².